The SMILES string of the molecule is CCCCC[Te]/C=C/C(=O)S. The molecular weight excluding hydrogens is 272 g/mol. The molecule has 0 fully saturated rings. The molecule has 0 heterocycles. The summed E-state index contributed by atoms with van der Waals surface area (Å²) in [6.45, 7) is 2.20. The third-order valence-electron chi connectivity index (χ3n) is 1.17. The van der Waals surface area contributed by atoms with Gasteiger partial charge < -0.3 is 0 Å². The summed E-state index contributed by atoms with van der Waals surface area (Å²) in [6, 6.07) is 0. The number of unbranched alkanes of at least 4 members (excludes halogenated alkanes) is 2. The van der Waals surface area contributed by atoms with Gasteiger partial charge in [-0.2, -0.15) is 0 Å². The van der Waals surface area contributed by atoms with Crippen LogP contribution in [0.3, 0.4) is 0 Å². The molecule has 0 atom stereocenters. The molecule has 0 rings (SSSR count). The van der Waals surface area contributed by atoms with Crippen molar-refractivity contribution in [3.05, 3.63) is 10.2 Å². The van der Waals surface area contributed by atoms with Crippen LogP contribution in [0.5, 0.6) is 0 Å². The van der Waals surface area contributed by atoms with Crippen molar-refractivity contribution >= 4 is 38.7 Å². The first-order valence-corrected chi connectivity index (χ1v) is 7.22. The summed E-state index contributed by atoms with van der Waals surface area (Å²) in [4.78, 5) is 10.3. The summed E-state index contributed by atoms with van der Waals surface area (Å²) in [6.07, 6.45) is 5.51. The second-order valence-electron chi connectivity index (χ2n) is 2.22. The molecule has 0 aromatic rings. The molecule has 64 valence electrons. The average Bonchev–Trinajstić information content (AvgIpc) is 1.96. The van der Waals surface area contributed by atoms with E-state index in [1.54, 1.807) is 6.08 Å². The van der Waals surface area contributed by atoms with Crippen molar-refractivity contribution in [2.24, 2.45) is 0 Å². The van der Waals surface area contributed by atoms with Crippen molar-refractivity contribution < 1.29 is 4.79 Å². The maximum atomic E-state index is 10.3. The number of rotatable bonds is 6. The molecule has 11 heavy (non-hydrogen) atoms. The summed E-state index contributed by atoms with van der Waals surface area (Å²) in [5.74, 6) is 0. The van der Waals surface area contributed by atoms with E-state index < -0.39 is 0 Å². The summed E-state index contributed by atoms with van der Waals surface area (Å²) >= 11 is 3.61. The number of carbonyl (C=O) groups is 1. The summed E-state index contributed by atoms with van der Waals surface area (Å²) in [5, 5.41) is -0.120. The Morgan fingerprint density at radius 1 is 1.55 bits per heavy atom. The Hall–Kier alpha value is 0.550. The van der Waals surface area contributed by atoms with Crippen LogP contribution in [0.4, 0.5) is 0 Å². The van der Waals surface area contributed by atoms with Gasteiger partial charge in [0.1, 0.15) is 0 Å². The Bertz CT molecular complexity index is 134. The number of hydrogen-bond donors (Lipinski definition) is 1. The van der Waals surface area contributed by atoms with Gasteiger partial charge in [-0.05, 0) is 0 Å². The molecule has 0 aliphatic carbocycles. The molecule has 3 heteroatoms. The van der Waals surface area contributed by atoms with Crippen molar-refractivity contribution in [3.63, 3.8) is 0 Å². The zero-order chi connectivity index (χ0) is 8.53. The van der Waals surface area contributed by atoms with Crippen molar-refractivity contribution in [2.75, 3.05) is 0 Å². The Balaban J connectivity index is 3.07. The summed E-state index contributed by atoms with van der Waals surface area (Å²) in [5.41, 5.74) is 0. The van der Waals surface area contributed by atoms with Gasteiger partial charge in [0.25, 0.3) is 0 Å². The Kier molecular flexibility index (Phi) is 9.08. The van der Waals surface area contributed by atoms with E-state index in [1.807, 2.05) is 4.12 Å². The topological polar surface area (TPSA) is 17.1 Å². The second-order valence-corrected chi connectivity index (χ2v) is 5.55. The van der Waals surface area contributed by atoms with Crippen LogP contribution < -0.4 is 0 Å². The van der Waals surface area contributed by atoms with Gasteiger partial charge in [-0.25, -0.2) is 0 Å². The van der Waals surface area contributed by atoms with Gasteiger partial charge in [-0.3, -0.25) is 0 Å². The van der Waals surface area contributed by atoms with Gasteiger partial charge in [-0.15, -0.1) is 0 Å². The molecule has 0 saturated carbocycles. The van der Waals surface area contributed by atoms with E-state index in [9.17, 15) is 4.79 Å². The molecule has 0 aromatic heterocycles. The maximum absolute atomic E-state index is 10.3. The van der Waals surface area contributed by atoms with Crippen LogP contribution in [0.15, 0.2) is 10.2 Å². The molecule has 0 N–H and O–H groups in total. The minimum absolute atomic E-state index is 0.0312. The second kappa shape index (κ2) is 8.64. The number of carbonyl (C=O) groups excluding carboxylic acids is 1. The molecule has 0 aromatic carbocycles. The standard InChI is InChI=1S/C8H14OSTe/c1-2-3-4-6-11-7-5-8(9)10/h5,7H,2-4,6H2,1H3,(H,9,10)/b7-5+. The van der Waals surface area contributed by atoms with E-state index in [0.29, 0.717) is 0 Å². The van der Waals surface area contributed by atoms with Crippen molar-refractivity contribution in [1.29, 1.82) is 0 Å². The molecule has 0 aliphatic rings. The van der Waals surface area contributed by atoms with Crippen LogP contribution in [0, 0.1) is 0 Å². The summed E-state index contributed by atoms with van der Waals surface area (Å²) < 4.78 is 3.34. The molecule has 0 bridgehead atoms. The third kappa shape index (κ3) is 10.5. The minimum atomic E-state index is -0.120. The number of hydrogen-bond acceptors (Lipinski definition) is 1. The molecular formula is C8H14OSTe. The molecule has 0 unspecified atom stereocenters. The zero-order valence-corrected chi connectivity index (χ0v) is 9.97. The Morgan fingerprint density at radius 2 is 2.27 bits per heavy atom. The monoisotopic (exact) mass is 288 g/mol. The van der Waals surface area contributed by atoms with E-state index in [1.165, 1.54) is 23.7 Å². The van der Waals surface area contributed by atoms with Crippen LogP contribution in [0.25, 0.3) is 0 Å². The summed E-state index contributed by atoms with van der Waals surface area (Å²) in [7, 11) is 0. The first-order valence-electron chi connectivity index (χ1n) is 3.78. The van der Waals surface area contributed by atoms with E-state index in [0.717, 1.165) is 0 Å². The van der Waals surface area contributed by atoms with E-state index >= 15 is 0 Å². The normalized spacial score (nSPS) is 10.7. The molecule has 0 saturated heterocycles. The predicted molar refractivity (Wildman–Crippen MR) is 53.2 cm³/mol. The quantitative estimate of drug-likeness (QED) is 0.343. The molecule has 0 aliphatic heterocycles. The predicted octanol–water partition coefficient (Wildman–Crippen LogP) is 2.27. The first kappa shape index (κ1) is 11.5. The average molecular weight is 286 g/mol. The van der Waals surface area contributed by atoms with Gasteiger partial charge >= 0.3 is 84.3 Å². The first-order chi connectivity index (χ1) is 5.27. The molecule has 0 radical (unpaired) electrons. The fourth-order valence-corrected chi connectivity index (χ4v) is 3.07. The number of thiol groups is 1. The molecule has 0 amide bonds. The van der Waals surface area contributed by atoms with Crippen molar-refractivity contribution in [3.8, 4) is 0 Å². The van der Waals surface area contributed by atoms with Crippen LogP contribution >= 0.6 is 12.6 Å². The fourth-order valence-electron chi connectivity index (χ4n) is 0.610. The van der Waals surface area contributed by atoms with Gasteiger partial charge in [0.2, 0.25) is 0 Å². The molecule has 1 nitrogen and oxygen atoms in total. The van der Waals surface area contributed by atoms with Crippen LogP contribution in [-0.2, 0) is 4.79 Å². The van der Waals surface area contributed by atoms with E-state index in [2.05, 4.69) is 19.6 Å². The van der Waals surface area contributed by atoms with Crippen molar-refractivity contribution in [1.82, 2.24) is 0 Å². The fraction of sp³-hybridized carbons (Fsp3) is 0.625. The van der Waals surface area contributed by atoms with Crippen LogP contribution in [0.1, 0.15) is 26.2 Å². The van der Waals surface area contributed by atoms with Crippen LogP contribution in [-0.4, -0.2) is 26.0 Å². The van der Waals surface area contributed by atoms with Gasteiger partial charge in [-0.1, -0.05) is 0 Å². The van der Waals surface area contributed by atoms with Gasteiger partial charge in [0.15, 0.2) is 0 Å². The van der Waals surface area contributed by atoms with Gasteiger partial charge in [0.05, 0.1) is 0 Å². The Labute approximate surface area is 84.1 Å². The van der Waals surface area contributed by atoms with E-state index in [-0.39, 0.29) is 26.0 Å². The molecule has 0 spiro atoms. The Morgan fingerprint density at radius 3 is 2.82 bits per heavy atom. The van der Waals surface area contributed by atoms with Crippen LogP contribution in [0.2, 0.25) is 4.47 Å². The van der Waals surface area contributed by atoms with E-state index in [4.69, 9.17) is 0 Å². The zero-order valence-electron chi connectivity index (χ0n) is 6.75. The van der Waals surface area contributed by atoms with Crippen molar-refractivity contribution in [2.45, 2.75) is 30.7 Å². The third-order valence-corrected chi connectivity index (χ3v) is 3.76. The van der Waals surface area contributed by atoms with Gasteiger partial charge in [0, 0.05) is 0 Å².